The lowest BCUT2D eigenvalue weighted by atomic mass is 10.1. The zero-order valence-corrected chi connectivity index (χ0v) is 10.2. The first kappa shape index (κ1) is 13.4. The highest BCUT2D eigenvalue weighted by molar-refractivity contribution is 5.95. The molecule has 1 aromatic carbocycles. The smallest absolute Gasteiger partial charge is 0.251 e. The first-order valence-electron chi connectivity index (χ1n) is 5.90. The van der Waals surface area contributed by atoms with Crippen molar-refractivity contribution in [3.8, 4) is 11.5 Å². The molecule has 0 aliphatic carbocycles. The van der Waals surface area contributed by atoms with E-state index in [1.54, 1.807) is 0 Å². The highest BCUT2D eigenvalue weighted by Gasteiger charge is 2.12. The van der Waals surface area contributed by atoms with Crippen molar-refractivity contribution in [1.82, 2.24) is 5.32 Å². The second-order valence-electron chi connectivity index (χ2n) is 4.11. The molecule has 0 saturated carbocycles. The molecule has 0 bridgehead atoms. The molecule has 1 amide bonds. The highest BCUT2D eigenvalue weighted by Crippen LogP contribution is 2.20. The van der Waals surface area contributed by atoms with Crippen molar-refractivity contribution >= 4 is 5.91 Å². The van der Waals surface area contributed by atoms with Crippen molar-refractivity contribution < 1.29 is 15.0 Å². The number of nitrogens with one attached hydrogen (secondary N) is 1. The van der Waals surface area contributed by atoms with Crippen LogP contribution < -0.4 is 5.32 Å². The summed E-state index contributed by atoms with van der Waals surface area (Å²) >= 11 is 0. The second-order valence-corrected chi connectivity index (χ2v) is 4.11. The first-order chi connectivity index (χ1) is 8.06. The Hall–Kier alpha value is -1.71. The third kappa shape index (κ3) is 3.98. The van der Waals surface area contributed by atoms with E-state index in [4.69, 9.17) is 0 Å². The summed E-state index contributed by atoms with van der Waals surface area (Å²) < 4.78 is 0. The molecule has 0 aliphatic heterocycles. The van der Waals surface area contributed by atoms with Crippen LogP contribution in [0, 0.1) is 0 Å². The Morgan fingerprint density at radius 1 is 1.24 bits per heavy atom. The van der Waals surface area contributed by atoms with Crippen molar-refractivity contribution in [3.05, 3.63) is 23.8 Å². The number of carbonyl (C=O) groups is 1. The Morgan fingerprint density at radius 2 is 1.82 bits per heavy atom. The quantitative estimate of drug-likeness (QED) is 0.736. The SMILES string of the molecule is CCCC(CC)NC(=O)c1cc(O)cc(O)c1. The van der Waals surface area contributed by atoms with E-state index in [0.29, 0.717) is 0 Å². The molecule has 4 nitrogen and oxygen atoms in total. The van der Waals surface area contributed by atoms with Crippen LogP contribution in [0.4, 0.5) is 0 Å². The Labute approximate surface area is 101 Å². The van der Waals surface area contributed by atoms with Crippen LogP contribution in [0.1, 0.15) is 43.5 Å². The van der Waals surface area contributed by atoms with Crippen LogP contribution in [-0.4, -0.2) is 22.2 Å². The van der Waals surface area contributed by atoms with Gasteiger partial charge < -0.3 is 15.5 Å². The molecule has 1 aromatic rings. The largest absolute Gasteiger partial charge is 0.508 e. The summed E-state index contributed by atoms with van der Waals surface area (Å²) in [6.45, 7) is 4.08. The molecule has 0 fully saturated rings. The van der Waals surface area contributed by atoms with E-state index in [2.05, 4.69) is 12.2 Å². The molecular formula is C13H19NO3. The lowest BCUT2D eigenvalue weighted by molar-refractivity contribution is 0.0933. The van der Waals surface area contributed by atoms with Gasteiger partial charge in [0.25, 0.3) is 5.91 Å². The van der Waals surface area contributed by atoms with Gasteiger partial charge in [-0.25, -0.2) is 0 Å². The van der Waals surface area contributed by atoms with Crippen molar-refractivity contribution in [2.45, 2.75) is 39.2 Å². The zero-order valence-electron chi connectivity index (χ0n) is 10.2. The van der Waals surface area contributed by atoms with E-state index in [9.17, 15) is 15.0 Å². The third-order valence-electron chi connectivity index (χ3n) is 2.63. The fourth-order valence-corrected chi connectivity index (χ4v) is 1.72. The third-order valence-corrected chi connectivity index (χ3v) is 2.63. The Balaban J connectivity index is 2.75. The maximum Gasteiger partial charge on any atom is 0.251 e. The van der Waals surface area contributed by atoms with Crippen LogP contribution in [0.25, 0.3) is 0 Å². The fraction of sp³-hybridized carbons (Fsp3) is 0.462. The fourth-order valence-electron chi connectivity index (χ4n) is 1.72. The number of phenols is 2. The van der Waals surface area contributed by atoms with Gasteiger partial charge in [0.2, 0.25) is 0 Å². The van der Waals surface area contributed by atoms with E-state index >= 15 is 0 Å². The monoisotopic (exact) mass is 237 g/mol. The number of rotatable bonds is 5. The molecule has 1 unspecified atom stereocenters. The van der Waals surface area contributed by atoms with E-state index in [0.717, 1.165) is 19.3 Å². The number of benzene rings is 1. The standard InChI is InChI=1S/C13H19NO3/c1-3-5-10(4-2)14-13(17)9-6-11(15)8-12(16)7-9/h6-8,10,15-16H,3-5H2,1-2H3,(H,14,17). The van der Waals surface area contributed by atoms with Gasteiger partial charge >= 0.3 is 0 Å². The maximum atomic E-state index is 11.9. The normalized spacial score (nSPS) is 12.1. The van der Waals surface area contributed by atoms with Crippen LogP contribution in [0.2, 0.25) is 0 Å². The summed E-state index contributed by atoms with van der Waals surface area (Å²) in [5.74, 6) is -0.492. The van der Waals surface area contributed by atoms with Gasteiger partial charge in [-0.3, -0.25) is 4.79 Å². The summed E-state index contributed by atoms with van der Waals surface area (Å²) in [7, 11) is 0. The van der Waals surface area contributed by atoms with Gasteiger partial charge in [-0.15, -0.1) is 0 Å². The molecule has 4 heteroatoms. The van der Waals surface area contributed by atoms with Gasteiger partial charge in [-0.05, 0) is 25.0 Å². The molecule has 94 valence electrons. The van der Waals surface area contributed by atoms with Crippen LogP contribution in [-0.2, 0) is 0 Å². The zero-order chi connectivity index (χ0) is 12.8. The number of amides is 1. The average molecular weight is 237 g/mol. The lowest BCUT2D eigenvalue weighted by Gasteiger charge is -2.16. The Kier molecular flexibility index (Phi) is 4.82. The van der Waals surface area contributed by atoms with Gasteiger partial charge in [0.05, 0.1) is 0 Å². The van der Waals surface area contributed by atoms with E-state index < -0.39 is 0 Å². The molecule has 0 radical (unpaired) electrons. The van der Waals surface area contributed by atoms with Gasteiger partial charge in [-0.1, -0.05) is 20.3 Å². The summed E-state index contributed by atoms with van der Waals surface area (Å²) in [4.78, 5) is 11.9. The summed E-state index contributed by atoms with van der Waals surface area (Å²) in [6.07, 6.45) is 2.79. The topological polar surface area (TPSA) is 69.6 Å². The number of hydrogen-bond donors (Lipinski definition) is 3. The van der Waals surface area contributed by atoms with E-state index in [-0.39, 0.29) is 29.0 Å². The Morgan fingerprint density at radius 3 is 2.29 bits per heavy atom. The first-order valence-corrected chi connectivity index (χ1v) is 5.90. The van der Waals surface area contributed by atoms with Gasteiger partial charge in [0, 0.05) is 17.7 Å². The molecule has 17 heavy (non-hydrogen) atoms. The number of aromatic hydroxyl groups is 2. The minimum absolute atomic E-state index is 0.112. The average Bonchev–Trinajstić information content (AvgIpc) is 2.27. The predicted molar refractivity (Wildman–Crippen MR) is 66.2 cm³/mol. The molecule has 0 aromatic heterocycles. The second kappa shape index (κ2) is 6.13. The van der Waals surface area contributed by atoms with Crippen molar-refractivity contribution in [2.75, 3.05) is 0 Å². The van der Waals surface area contributed by atoms with Crippen molar-refractivity contribution in [1.29, 1.82) is 0 Å². The summed E-state index contributed by atoms with van der Waals surface area (Å²) in [5.41, 5.74) is 0.275. The molecule has 0 aliphatic rings. The molecule has 0 saturated heterocycles. The van der Waals surface area contributed by atoms with Crippen LogP contribution in [0.15, 0.2) is 18.2 Å². The van der Waals surface area contributed by atoms with E-state index in [1.807, 2.05) is 6.92 Å². The highest BCUT2D eigenvalue weighted by atomic mass is 16.3. The van der Waals surface area contributed by atoms with Gasteiger partial charge in [0.15, 0.2) is 0 Å². The van der Waals surface area contributed by atoms with Crippen LogP contribution >= 0.6 is 0 Å². The van der Waals surface area contributed by atoms with Crippen molar-refractivity contribution in [3.63, 3.8) is 0 Å². The van der Waals surface area contributed by atoms with Crippen LogP contribution in [0.5, 0.6) is 11.5 Å². The van der Waals surface area contributed by atoms with Crippen LogP contribution in [0.3, 0.4) is 0 Å². The molecule has 0 heterocycles. The number of carbonyl (C=O) groups excluding carboxylic acids is 1. The molecule has 0 spiro atoms. The minimum Gasteiger partial charge on any atom is -0.508 e. The Bertz CT molecular complexity index is 370. The lowest BCUT2D eigenvalue weighted by Crippen LogP contribution is -2.34. The molecule has 1 atom stereocenters. The van der Waals surface area contributed by atoms with Gasteiger partial charge in [0.1, 0.15) is 11.5 Å². The minimum atomic E-state index is -0.267. The molecule has 3 N–H and O–H groups in total. The number of hydrogen-bond acceptors (Lipinski definition) is 3. The number of phenolic OH excluding ortho intramolecular Hbond substituents is 2. The summed E-state index contributed by atoms with van der Waals surface area (Å²) in [6, 6.07) is 4.01. The summed E-state index contributed by atoms with van der Waals surface area (Å²) in [5, 5.41) is 21.5. The molecule has 1 rings (SSSR count). The maximum absolute atomic E-state index is 11.9. The van der Waals surface area contributed by atoms with E-state index in [1.165, 1.54) is 18.2 Å². The molecular weight excluding hydrogens is 218 g/mol. The van der Waals surface area contributed by atoms with Gasteiger partial charge in [-0.2, -0.15) is 0 Å². The predicted octanol–water partition coefficient (Wildman–Crippen LogP) is 2.41. The van der Waals surface area contributed by atoms with Crippen molar-refractivity contribution in [2.24, 2.45) is 0 Å².